The van der Waals surface area contributed by atoms with Crippen molar-refractivity contribution in [3.05, 3.63) is 52.0 Å². The lowest BCUT2D eigenvalue weighted by molar-refractivity contribution is 0.0546. The zero-order valence-electron chi connectivity index (χ0n) is 27.2. The van der Waals surface area contributed by atoms with Gasteiger partial charge in [-0.3, -0.25) is 4.79 Å². The average molecular weight is 628 g/mol. The van der Waals surface area contributed by atoms with Gasteiger partial charge in [-0.05, 0) is 82.8 Å². The minimum atomic E-state index is -1.86. The summed E-state index contributed by atoms with van der Waals surface area (Å²) in [5, 5.41) is 4.29. The van der Waals surface area contributed by atoms with Crippen LogP contribution in [0, 0.1) is 0 Å². The molecule has 4 rings (SSSR count). The van der Waals surface area contributed by atoms with E-state index in [0.717, 1.165) is 17.5 Å². The number of carbonyl (C=O) groups excluding carboxylic acids is 2. The highest BCUT2D eigenvalue weighted by Crippen LogP contribution is 2.42. The summed E-state index contributed by atoms with van der Waals surface area (Å²) in [7, 11) is 2.16. The van der Waals surface area contributed by atoms with Crippen LogP contribution in [0.1, 0.15) is 69.4 Å². The van der Waals surface area contributed by atoms with Gasteiger partial charge in [0.15, 0.2) is 8.32 Å². The molecule has 0 saturated carbocycles. The summed E-state index contributed by atoms with van der Waals surface area (Å²) in [5.74, 6) is 0.226. The number of benzene rings is 2. The van der Waals surface area contributed by atoms with Crippen LogP contribution in [-0.2, 0) is 22.3 Å². The van der Waals surface area contributed by atoms with E-state index in [1.54, 1.807) is 10.6 Å². The Labute approximate surface area is 261 Å². The van der Waals surface area contributed by atoms with Crippen molar-refractivity contribution in [2.24, 2.45) is 0 Å². The number of fused-ring (bicyclic) bond motifs is 2. The minimum Gasteiger partial charge on any atom is -0.492 e. The molecule has 1 aliphatic heterocycles. The lowest BCUT2D eigenvalue weighted by atomic mass is 9.99. The highest BCUT2D eigenvalue weighted by Gasteiger charge is 2.37. The van der Waals surface area contributed by atoms with Crippen LogP contribution in [0.4, 0.5) is 4.79 Å². The Morgan fingerprint density at radius 2 is 1.77 bits per heavy atom. The standard InChI is InChI=1S/C33H46ClN3O5Si/c1-32(2,3)42-31(39)37-25-13-12-21(20-36(7)8)16-22(25)17-26(37)23-18-27(29(34)24-19-35-30(38)28(23)24)40-14-11-15-41-43(9,10)33(4,5)6/h12-13,16-18H,11,14-15,19-20H2,1-10H3,(H,35,38). The summed E-state index contributed by atoms with van der Waals surface area (Å²) in [4.78, 5) is 28.9. The number of carbonyl (C=O) groups is 2. The smallest absolute Gasteiger partial charge is 0.419 e. The van der Waals surface area contributed by atoms with E-state index in [1.165, 1.54) is 0 Å². The van der Waals surface area contributed by atoms with Crippen LogP contribution in [0.2, 0.25) is 23.2 Å². The first-order valence-corrected chi connectivity index (χ1v) is 18.1. The number of halogens is 1. The zero-order valence-corrected chi connectivity index (χ0v) is 29.0. The molecule has 43 heavy (non-hydrogen) atoms. The Kier molecular flexibility index (Phi) is 9.43. The summed E-state index contributed by atoms with van der Waals surface area (Å²) in [6, 6.07) is 9.71. The van der Waals surface area contributed by atoms with Crippen molar-refractivity contribution in [3.8, 4) is 17.0 Å². The van der Waals surface area contributed by atoms with Crippen molar-refractivity contribution in [2.75, 3.05) is 27.3 Å². The largest absolute Gasteiger partial charge is 0.492 e. The Bertz CT molecular complexity index is 1530. The molecule has 0 atom stereocenters. The molecule has 234 valence electrons. The molecular formula is C33H46ClN3O5Si. The van der Waals surface area contributed by atoms with Gasteiger partial charge in [0.25, 0.3) is 5.91 Å². The van der Waals surface area contributed by atoms with Crippen molar-refractivity contribution in [1.29, 1.82) is 0 Å². The molecule has 1 amide bonds. The van der Waals surface area contributed by atoms with Gasteiger partial charge < -0.3 is 24.1 Å². The number of hydrogen-bond acceptors (Lipinski definition) is 6. The van der Waals surface area contributed by atoms with Crippen molar-refractivity contribution in [2.45, 2.75) is 84.8 Å². The van der Waals surface area contributed by atoms with Crippen molar-refractivity contribution < 1.29 is 23.5 Å². The summed E-state index contributed by atoms with van der Waals surface area (Å²) in [6.45, 7) is 18.6. The fourth-order valence-corrected chi connectivity index (χ4v) is 6.25. The summed E-state index contributed by atoms with van der Waals surface area (Å²) >= 11 is 6.82. The summed E-state index contributed by atoms with van der Waals surface area (Å²) in [6.07, 6.45) is 0.171. The molecule has 8 nitrogen and oxygen atoms in total. The third kappa shape index (κ3) is 7.28. The topological polar surface area (TPSA) is 82.0 Å². The fraction of sp³-hybridized carbons (Fsp3) is 0.515. The highest BCUT2D eigenvalue weighted by atomic mass is 35.5. The number of nitrogens with one attached hydrogen (secondary N) is 1. The van der Waals surface area contributed by atoms with Crippen molar-refractivity contribution in [3.63, 3.8) is 0 Å². The molecule has 0 aliphatic carbocycles. The molecule has 0 bridgehead atoms. The van der Waals surface area contributed by atoms with Gasteiger partial charge >= 0.3 is 6.09 Å². The number of rotatable bonds is 9. The van der Waals surface area contributed by atoms with Gasteiger partial charge in [0.1, 0.15) is 11.4 Å². The molecule has 3 aromatic rings. The van der Waals surface area contributed by atoms with Crippen LogP contribution < -0.4 is 10.1 Å². The number of hydrogen-bond donors (Lipinski definition) is 1. The van der Waals surface area contributed by atoms with Crippen LogP contribution in [0.3, 0.4) is 0 Å². The molecular weight excluding hydrogens is 582 g/mol. The lowest BCUT2D eigenvalue weighted by Gasteiger charge is -2.36. The Balaban J connectivity index is 1.76. The van der Waals surface area contributed by atoms with Gasteiger partial charge in [0, 0.05) is 42.6 Å². The van der Waals surface area contributed by atoms with Gasteiger partial charge in [-0.25, -0.2) is 9.36 Å². The minimum absolute atomic E-state index is 0.130. The van der Waals surface area contributed by atoms with Crippen LogP contribution in [0.15, 0.2) is 30.3 Å². The molecule has 0 fully saturated rings. The molecule has 2 aromatic carbocycles. The first-order valence-electron chi connectivity index (χ1n) is 14.8. The fourth-order valence-electron chi connectivity index (χ4n) is 4.89. The molecule has 1 aliphatic rings. The monoisotopic (exact) mass is 627 g/mol. The first-order chi connectivity index (χ1) is 19.9. The van der Waals surface area contributed by atoms with E-state index in [0.29, 0.717) is 58.3 Å². The normalized spacial score (nSPS) is 13.9. The Morgan fingerprint density at radius 3 is 2.40 bits per heavy atom. The molecule has 10 heteroatoms. The highest BCUT2D eigenvalue weighted by molar-refractivity contribution is 6.74. The van der Waals surface area contributed by atoms with E-state index in [2.05, 4.69) is 50.1 Å². The maximum Gasteiger partial charge on any atom is 0.419 e. The van der Waals surface area contributed by atoms with Gasteiger partial charge in [-0.2, -0.15) is 0 Å². The first kappa shape index (κ1) is 33.0. The Hall–Kier alpha value is -2.85. The van der Waals surface area contributed by atoms with Crippen molar-refractivity contribution in [1.82, 2.24) is 14.8 Å². The molecule has 2 heterocycles. The molecule has 1 N–H and O–H groups in total. The van der Waals surface area contributed by atoms with E-state index in [9.17, 15) is 9.59 Å². The lowest BCUT2D eigenvalue weighted by Crippen LogP contribution is -2.41. The molecule has 0 spiro atoms. The van der Waals surface area contributed by atoms with Crippen molar-refractivity contribution >= 4 is 42.8 Å². The van der Waals surface area contributed by atoms with E-state index in [4.69, 9.17) is 25.5 Å². The molecule has 0 saturated heterocycles. The molecule has 1 aromatic heterocycles. The van der Waals surface area contributed by atoms with Crippen LogP contribution in [0.5, 0.6) is 5.75 Å². The molecule has 0 radical (unpaired) electrons. The number of amides is 1. The van der Waals surface area contributed by atoms with Gasteiger partial charge in [0.2, 0.25) is 0 Å². The summed E-state index contributed by atoms with van der Waals surface area (Å²) in [5.41, 5.74) is 3.30. The second kappa shape index (κ2) is 12.3. The number of ether oxygens (including phenoxy) is 2. The summed E-state index contributed by atoms with van der Waals surface area (Å²) < 4.78 is 19.9. The van der Waals surface area contributed by atoms with E-state index >= 15 is 0 Å². The SMILES string of the molecule is CN(C)Cc1ccc2c(c1)cc(-c1cc(OCCCO[Si](C)(C)C(C)(C)C)c(Cl)c3c1C(=O)NC3)n2C(=O)OC(C)(C)C. The predicted molar refractivity (Wildman–Crippen MR) is 176 cm³/mol. The van der Waals surface area contributed by atoms with Crippen LogP contribution >= 0.6 is 11.6 Å². The maximum absolute atomic E-state index is 13.7. The zero-order chi connectivity index (χ0) is 31.9. The predicted octanol–water partition coefficient (Wildman–Crippen LogP) is 7.84. The Morgan fingerprint density at radius 1 is 1.07 bits per heavy atom. The van der Waals surface area contributed by atoms with Gasteiger partial charge in [-0.1, -0.05) is 38.4 Å². The second-order valence-electron chi connectivity index (χ2n) is 14.1. The van der Waals surface area contributed by atoms with Crippen LogP contribution in [0.25, 0.3) is 22.2 Å². The quantitative estimate of drug-likeness (QED) is 0.192. The van der Waals surface area contributed by atoms with Gasteiger partial charge in [0.05, 0.1) is 28.4 Å². The average Bonchev–Trinajstić information content (AvgIpc) is 3.44. The second-order valence-corrected chi connectivity index (χ2v) is 19.2. The van der Waals surface area contributed by atoms with Crippen LogP contribution in [-0.4, -0.2) is 62.7 Å². The van der Waals surface area contributed by atoms with E-state index in [1.807, 2.05) is 53.1 Å². The molecule has 0 unspecified atom stereocenters. The van der Waals surface area contributed by atoms with E-state index in [-0.39, 0.29) is 17.5 Å². The third-order valence-electron chi connectivity index (χ3n) is 8.01. The van der Waals surface area contributed by atoms with E-state index < -0.39 is 20.0 Å². The number of aromatic nitrogens is 1. The van der Waals surface area contributed by atoms with Gasteiger partial charge in [-0.15, -0.1) is 0 Å². The number of nitrogens with zero attached hydrogens (tertiary/aromatic N) is 2. The third-order valence-corrected chi connectivity index (χ3v) is 13.0. The maximum atomic E-state index is 13.7.